The molecule has 1 heterocycles. The Bertz CT molecular complexity index is 1090. The number of carbonyl (C=O) groups excluding carboxylic acids is 2. The maximum atomic E-state index is 12.8. The fraction of sp³-hybridized carbons (Fsp3) is 0.956. The Morgan fingerprint density at radius 2 is 0.879 bits per heavy atom. The Kier molecular flexibility index (Phi) is 34.2. The molecule has 1 saturated heterocycles. The summed E-state index contributed by atoms with van der Waals surface area (Å²) in [6, 6.07) is 0. The predicted octanol–water partition coefficient (Wildman–Crippen LogP) is 9.68. The molecule has 0 aromatic carbocycles. The average molecular weight is 851 g/mol. The van der Waals surface area contributed by atoms with Crippen LogP contribution in [0.3, 0.4) is 0 Å². The van der Waals surface area contributed by atoms with Gasteiger partial charge in [-0.2, -0.15) is 8.42 Å². The summed E-state index contributed by atoms with van der Waals surface area (Å²) in [5, 5.41) is 30.8. The lowest BCUT2D eigenvalue weighted by atomic mass is 10.00. The number of aliphatic hydroxyl groups excluding tert-OH is 3. The average Bonchev–Trinajstić information content (AvgIpc) is 3.18. The van der Waals surface area contributed by atoms with Gasteiger partial charge in [0, 0.05) is 12.8 Å². The molecule has 0 aliphatic carbocycles. The highest BCUT2D eigenvalue weighted by Crippen LogP contribution is 2.24. The van der Waals surface area contributed by atoms with E-state index in [1.807, 2.05) is 0 Å². The molecule has 0 saturated carbocycles. The van der Waals surface area contributed by atoms with Crippen molar-refractivity contribution in [2.45, 2.75) is 256 Å². The quantitative estimate of drug-likeness (QED) is 0.0260. The molecule has 0 spiro atoms. The second-order valence-electron chi connectivity index (χ2n) is 16.8. The molecule has 6 atom stereocenters. The Labute approximate surface area is 353 Å². The van der Waals surface area contributed by atoms with Crippen LogP contribution in [0.25, 0.3) is 0 Å². The van der Waals surface area contributed by atoms with Crippen LogP contribution in [0, 0.1) is 0 Å². The van der Waals surface area contributed by atoms with Crippen LogP contribution in [0.2, 0.25) is 0 Å². The number of aliphatic hydroxyl groups is 3. The normalized spacial score (nSPS) is 20.3. The summed E-state index contributed by atoms with van der Waals surface area (Å²) in [6.07, 6.45) is 27.4. The molecular weight excluding hydrogens is 765 g/mol. The van der Waals surface area contributed by atoms with Crippen LogP contribution >= 0.6 is 0 Å². The standard InChI is InChI=1S/C45H86O12S/c1-3-5-7-9-11-13-14-15-16-17-18-19-20-21-22-23-24-26-28-30-32-34-41(47)56-38(35-54-40(46)33-31-29-27-25-12-10-8-6-4-2)36-55-45-44(50)43(49)42(48)39(57-45)37-58(51,52)53/h38-39,42-45,48-50H,3-37H2,1-2H3,(H,51,52,53)/t38-,39-,42-,43?,44?,45+/m1/s1. The summed E-state index contributed by atoms with van der Waals surface area (Å²) in [5.41, 5.74) is 0. The maximum Gasteiger partial charge on any atom is 0.306 e. The van der Waals surface area contributed by atoms with Gasteiger partial charge in [0.05, 0.1) is 6.61 Å². The molecule has 4 N–H and O–H groups in total. The van der Waals surface area contributed by atoms with Gasteiger partial charge in [-0.05, 0) is 12.8 Å². The Morgan fingerprint density at radius 1 is 0.517 bits per heavy atom. The highest BCUT2D eigenvalue weighted by Gasteiger charge is 2.46. The van der Waals surface area contributed by atoms with E-state index in [-0.39, 0.29) is 19.4 Å². The number of hydrogen-bond donors (Lipinski definition) is 4. The number of esters is 2. The molecule has 0 bridgehead atoms. The Balaban J connectivity index is 2.34. The van der Waals surface area contributed by atoms with Gasteiger partial charge in [0.25, 0.3) is 10.1 Å². The minimum absolute atomic E-state index is 0.172. The van der Waals surface area contributed by atoms with Crippen molar-refractivity contribution in [1.82, 2.24) is 0 Å². The predicted molar refractivity (Wildman–Crippen MR) is 229 cm³/mol. The summed E-state index contributed by atoms with van der Waals surface area (Å²) < 4.78 is 54.0. The molecule has 0 aromatic rings. The van der Waals surface area contributed by atoms with E-state index in [1.165, 1.54) is 141 Å². The molecule has 344 valence electrons. The zero-order valence-corrected chi connectivity index (χ0v) is 37.5. The van der Waals surface area contributed by atoms with Crippen molar-refractivity contribution in [3.63, 3.8) is 0 Å². The zero-order chi connectivity index (χ0) is 42.7. The van der Waals surface area contributed by atoms with Crippen LogP contribution in [-0.2, 0) is 38.7 Å². The molecular formula is C45H86O12S. The molecule has 0 amide bonds. The number of ether oxygens (including phenoxy) is 4. The lowest BCUT2D eigenvalue weighted by molar-refractivity contribution is -0.297. The largest absolute Gasteiger partial charge is 0.462 e. The van der Waals surface area contributed by atoms with E-state index in [0.717, 1.165) is 38.5 Å². The van der Waals surface area contributed by atoms with E-state index < -0.39 is 71.2 Å². The lowest BCUT2D eigenvalue weighted by Crippen LogP contribution is -2.60. The van der Waals surface area contributed by atoms with Crippen molar-refractivity contribution in [1.29, 1.82) is 0 Å². The second kappa shape index (κ2) is 36.3. The third-order valence-electron chi connectivity index (χ3n) is 11.2. The van der Waals surface area contributed by atoms with Gasteiger partial charge in [-0.25, -0.2) is 0 Å². The van der Waals surface area contributed by atoms with E-state index in [0.29, 0.717) is 12.8 Å². The summed E-state index contributed by atoms with van der Waals surface area (Å²) in [5.74, 6) is -1.97. The van der Waals surface area contributed by atoms with Crippen molar-refractivity contribution in [2.75, 3.05) is 19.0 Å². The number of hydrogen-bond acceptors (Lipinski definition) is 11. The lowest BCUT2D eigenvalue weighted by Gasteiger charge is -2.40. The van der Waals surface area contributed by atoms with Crippen LogP contribution in [0.4, 0.5) is 0 Å². The molecule has 13 heteroatoms. The highest BCUT2D eigenvalue weighted by molar-refractivity contribution is 7.85. The van der Waals surface area contributed by atoms with Gasteiger partial charge in [0.2, 0.25) is 0 Å². The first-order valence-electron chi connectivity index (χ1n) is 23.6. The summed E-state index contributed by atoms with van der Waals surface area (Å²) in [6.45, 7) is 3.76. The molecule has 0 aromatic heterocycles. The Morgan fingerprint density at radius 3 is 1.26 bits per heavy atom. The van der Waals surface area contributed by atoms with Crippen LogP contribution in [0.5, 0.6) is 0 Å². The van der Waals surface area contributed by atoms with Crippen molar-refractivity contribution in [3.8, 4) is 0 Å². The van der Waals surface area contributed by atoms with Gasteiger partial charge >= 0.3 is 11.9 Å². The molecule has 1 fully saturated rings. The van der Waals surface area contributed by atoms with Crippen LogP contribution in [0.15, 0.2) is 0 Å². The zero-order valence-electron chi connectivity index (χ0n) is 36.7. The second-order valence-corrected chi connectivity index (χ2v) is 18.3. The monoisotopic (exact) mass is 851 g/mol. The van der Waals surface area contributed by atoms with Gasteiger partial charge in [-0.1, -0.05) is 194 Å². The fourth-order valence-electron chi connectivity index (χ4n) is 7.50. The van der Waals surface area contributed by atoms with Gasteiger partial charge < -0.3 is 34.3 Å². The molecule has 58 heavy (non-hydrogen) atoms. The van der Waals surface area contributed by atoms with Crippen molar-refractivity contribution in [2.24, 2.45) is 0 Å². The maximum absolute atomic E-state index is 12.8. The summed E-state index contributed by atoms with van der Waals surface area (Å²) in [7, 11) is -4.59. The SMILES string of the molecule is CCCCCCCCCCCCCCCCCCCCCCCC(=O)O[C@H](COC(=O)CCCCCCCCCCC)CO[C@H]1O[C@H](CS(=O)(=O)O)[C@@H](O)C(O)C1O. The summed E-state index contributed by atoms with van der Waals surface area (Å²) in [4.78, 5) is 25.3. The molecule has 0 radical (unpaired) electrons. The third kappa shape index (κ3) is 30.6. The Hall–Kier alpha value is -1.35. The third-order valence-corrected chi connectivity index (χ3v) is 11.9. The van der Waals surface area contributed by atoms with Crippen molar-refractivity contribution >= 4 is 22.1 Å². The first kappa shape index (κ1) is 54.7. The smallest absolute Gasteiger partial charge is 0.306 e. The molecule has 2 unspecified atom stereocenters. The van der Waals surface area contributed by atoms with Crippen LogP contribution in [0.1, 0.15) is 219 Å². The van der Waals surface area contributed by atoms with E-state index in [4.69, 9.17) is 18.9 Å². The van der Waals surface area contributed by atoms with Crippen molar-refractivity contribution in [3.05, 3.63) is 0 Å². The van der Waals surface area contributed by atoms with Gasteiger partial charge in [0.1, 0.15) is 36.8 Å². The van der Waals surface area contributed by atoms with E-state index >= 15 is 0 Å². The van der Waals surface area contributed by atoms with E-state index in [2.05, 4.69) is 13.8 Å². The van der Waals surface area contributed by atoms with Crippen LogP contribution in [-0.4, -0.2) is 96.0 Å². The minimum atomic E-state index is -4.59. The van der Waals surface area contributed by atoms with Gasteiger partial charge in [0.15, 0.2) is 12.4 Å². The summed E-state index contributed by atoms with van der Waals surface area (Å²) >= 11 is 0. The first-order valence-corrected chi connectivity index (χ1v) is 25.2. The molecule has 12 nitrogen and oxygen atoms in total. The van der Waals surface area contributed by atoms with E-state index in [9.17, 15) is 37.9 Å². The van der Waals surface area contributed by atoms with Crippen molar-refractivity contribution < 1.29 is 56.8 Å². The first-order chi connectivity index (χ1) is 28.0. The van der Waals surface area contributed by atoms with Crippen LogP contribution < -0.4 is 0 Å². The molecule has 1 rings (SSSR count). The van der Waals surface area contributed by atoms with E-state index in [1.54, 1.807) is 0 Å². The number of rotatable bonds is 40. The molecule has 1 aliphatic heterocycles. The topological polar surface area (TPSA) is 186 Å². The number of carbonyl (C=O) groups is 2. The fourth-order valence-corrected chi connectivity index (χ4v) is 8.19. The van der Waals surface area contributed by atoms with Gasteiger partial charge in [-0.15, -0.1) is 0 Å². The number of unbranched alkanes of at least 4 members (excludes halogenated alkanes) is 28. The highest BCUT2D eigenvalue weighted by atomic mass is 32.2. The molecule has 1 aliphatic rings. The minimum Gasteiger partial charge on any atom is -0.462 e. The van der Waals surface area contributed by atoms with Gasteiger partial charge in [-0.3, -0.25) is 14.1 Å².